The minimum Gasteiger partial charge on any atom is -0.390 e. The van der Waals surface area contributed by atoms with Crippen molar-refractivity contribution >= 4 is 8.56 Å². The van der Waals surface area contributed by atoms with Crippen LogP contribution in [0.2, 0.25) is 11.1 Å². The van der Waals surface area contributed by atoms with E-state index in [1.165, 1.54) is 11.1 Å². The number of hydrogen-bond acceptors (Lipinski definition) is 2. The summed E-state index contributed by atoms with van der Waals surface area (Å²) in [5.41, 5.74) is 3.48. The lowest BCUT2D eigenvalue weighted by Gasteiger charge is -2.37. The Morgan fingerprint density at radius 3 is 1.32 bits per heavy atom. The van der Waals surface area contributed by atoms with E-state index < -0.39 is 8.56 Å². The second kappa shape index (κ2) is 8.72. The molecule has 0 saturated heterocycles. The van der Waals surface area contributed by atoms with Gasteiger partial charge in [-0.3, -0.25) is 0 Å². The van der Waals surface area contributed by atoms with Gasteiger partial charge in [-0.2, -0.15) is 0 Å². The smallest absolute Gasteiger partial charge is 0.343 e. The van der Waals surface area contributed by atoms with Crippen LogP contribution < -0.4 is 0 Å². The quantitative estimate of drug-likeness (QED) is 0.450. The Bertz CT molecular complexity index is 277. The van der Waals surface area contributed by atoms with Crippen LogP contribution in [0.3, 0.4) is 0 Å². The maximum atomic E-state index is 6.26. The Hall–Kier alpha value is -0.383. The number of hydrogen-bond donors (Lipinski definition) is 0. The summed E-state index contributed by atoms with van der Waals surface area (Å²) in [6, 6.07) is 0. The molecule has 19 heavy (non-hydrogen) atoms. The van der Waals surface area contributed by atoms with E-state index in [4.69, 9.17) is 8.85 Å². The number of allylic oxidation sites excluding steroid dienone is 2. The first-order valence-corrected chi connectivity index (χ1v) is 9.24. The zero-order valence-corrected chi connectivity index (χ0v) is 15.0. The molecule has 0 aromatic carbocycles. The molecule has 0 aliphatic heterocycles. The molecular weight excluding hydrogens is 252 g/mol. The van der Waals surface area contributed by atoms with E-state index in [0.29, 0.717) is 24.3 Å². The molecule has 3 heteroatoms. The van der Waals surface area contributed by atoms with Crippen molar-refractivity contribution in [2.45, 2.75) is 66.5 Å². The van der Waals surface area contributed by atoms with Crippen LogP contribution in [-0.4, -0.2) is 21.8 Å². The highest BCUT2D eigenvalue weighted by Gasteiger charge is 2.44. The van der Waals surface area contributed by atoms with Gasteiger partial charge in [-0.1, -0.05) is 51.0 Å². The molecule has 0 N–H and O–H groups in total. The predicted octanol–water partition coefficient (Wildman–Crippen LogP) is 5.21. The summed E-state index contributed by atoms with van der Waals surface area (Å²) >= 11 is 0. The van der Waals surface area contributed by atoms with Crippen molar-refractivity contribution in [2.75, 3.05) is 13.2 Å². The van der Waals surface area contributed by atoms with Crippen LogP contribution in [0.5, 0.6) is 0 Å². The van der Waals surface area contributed by atoms with Crippen LogP contribution in [0.25, 0.3) is 0 Å². The van der Waals surface area contributed by atoms with Crippen LogP contribution in [0.4, 0.5) is 0 Å². The molecule has 0 aromatic heterocycles. The molecule has 2 nitrogen and oxygen atoms in total. The molecule has 0 saturated carbocycles. The fourth-order valence-electron chi connectivity index (χ4n) is 2.05. The molecule has 112 valence electrons. The van der Waals surface area contributed by atoms with Crippen molar-refractivity contribution in [1.82, 2.24) is 0 Å². The molecule has 0 aromatic rings. The summed E-state index contributed by atoms with van der Waals surface area (Å²) in [6.07, 6.45) is 4.27. The lowest BCUT2D eigenvalue weighted by atomic mass is 10.3. The first-order chi connectivity index (χ1) is 8.72. The first kappa shape index (κ1) is 18.6. The lowest BCUT2D eigenvalue weighted by molar-refractivity contribution is 0.183. The molecule has 0 unspecified atom stereocenters. The van der Waals surface area contributed by atoms with Crippen LogP contribution in [0.1, 0.15) is 55.4 Å². The zero-order chi connectivity index (χ0) is 15.1. The second-order valence-electron chi connectivity index (χ2n) is 6.22. The Kier molecular flexibility index (Phi) is 8.55. The normalized spacial score (nSPS) is 11.9. The highest BCUT2D eigenvalue weighted by Crippen LogP contribution is 2.34. The standard InChI is InChI=1S/C16H32O2Si/c1-13(2)9-11-17-19(15(5)6,16(7)8)18-12-10-14(3)4/h9-10,15-16H,11-12H2,1-8H3. The fraction of sp³-hybridized carbons (Fsp3) is 0.750. The van der Waals surface area contributed by atoms with Crippen LogP contribution in [0, 0.1) is 0 Å². The van der Waals surface area contributed by atoms with Gasteiger partial charge in [-0.15, -0.1) is 0 Å². The summed E-state index contributed by atoms with van der Waals surface area (Å²) in [5.74, 6) is 0. The van der Waals surface area contributed by atoms with E-state index in [-0.39, 0.29) is 0 Å². The predicted molar refractivity (Wildman–Crippen MR) is 86.7 cm³/mol. The molecule has 0 bridgehead atoms. The van der Waals surface area contributed by atoms with Crippen LogP contribution in [-0.2, 0) is 8.85 Å². The van der Waals surface area contributed by atoms with Gasteiger partial charge in [0.1, 0.15) is 0 Å². The molecule has 0 atom stereocenters. The van der Waals surface area contributed by atoms with Crippen molar-refractivity contribution < 1.29 is 8.85 Å². The average molecular weight is 285 g/mol. The molecule has 0 heterocycles. The third kappa shape index (κ3) is 6.55. The van der Waals surface area contributed by atoms with Gasteiger partial charge in [0.25, 0.3) is 0 Å². The minimum absolute atomic E-state index is 0.448. The summed E-state index contributed by atoms with van der Waals surface area (Å²) in [6.45, 7) is 18.6. The third-order valence-corrected chi connectivity index (χ3v) is 7.67. The van der Waals surface area contributed by atoms with Gasteiger partial charge in [0.15, 0.2) is 0 Å². The Labute approximate surface area is 121 Å². The second-order valence-corrected chi connectivity index (χ2v) is 10.5. The van der Waals surface area contributed by atoms with Gasteiger partial charge in [0, 0.05) is 0 Å². The van der Waals surface area contributed by atoms with Crippen molar-refractivity contribution in [3.63, 3.8) is 0 Å². The third-order valence-electron chi connectivity index (χ3n) is 3.21. The zero-order valence-electron chi connectivity index (χ0n) is 14.0. The monoisotopic (exact) mass is 284 g/mol. The highest BCUT2D eigenvalue weighted by atomic mass is 28.4. The van der Waals surface area contributed by atoms with Crippen LogP contribution >= 0.6 is 0 Å². The summed E-state index contributed by atoms with van der Waals surface area (Å²) in [4.78, 5) is 0. The van der Waals surface area contributed by atoms with E-state index in [0.717, 1.165) is 0 Å². The Morgan fingerprint density at radius 2 is 1.11 bits per heavy atom. The first-order valence-electron chi connectivity index (χ1n) is 7.27. The Morgan fingerprint density at radius 1 is 0.789 bits per heavy atom. The van der Waals surface area contributed by atoms with E-state index in [1.807, 2.05) is 0 Å². The van der Waals surface area contributed by atoms with Crippen molar-refractivity contribution in [3.05, 3.63) is 23.3 Å². The van der Waals surface area contributed by atoms with Crippen molar-refractivity contribution in [2.24, 2.45) is 0 Å². The summed E-state index contributed by atoms with van der Waals surface area (Å²) in [5, 5.41) is 0. The van der Waals surface area contributed by atoms with E-state index >= 15 is 0 Å². The lowest BCUT2D eigenvalue weighted by Crippen LogP contribution is -2.48. The summed E-state index contributed by atoms with van der Waals surface area (Å²) in [7, 11) is -2.17. The van der Waals surface area contributed by atoms with Gasteiger partial charge in [0.05, 0.1) is 13.2 Å². The SMILES string of the molecule is CC(C)=CCO[Si](OCC=C(C)C)(C(C)C)C(C)C. The van der Waals surface area contributed by atoms with Gasteiger partial charge in [-0.25, -0.2) is 0 Å². The van der Waals surface area contributed by atoms with E-state index in [1.54, 1.807) is 0 Å². The van der Waals surface area contributed by atoms with Gasteiger partial charge >= 0.3 is 8.56 Å². The van der Waals surface area contributed by atoms with E-state index in [9.17, 15) is 0 Å². The molecular formula is C16H32O2Si. The highest BCUT2D eigenvalue weighted by molar-refractivity contribution is 6.70. The Balaban J connectivity index is 4.88. The van der Waals surface area contributed by atoms with E-state index in [2.05, 4.69) is 67.5 Å². The van der Waals surface area contributed by atoms with Crippen molar-refractivity contribution in [3.8, 4) is 0 Å². The van der Waals surface area contributed by atoms with Gasteiger partial charge in [0.2, 0.25) is 0 Å². The maximum Gasteiger partial charge on any atom is 0.343 e. The molecule has 0 radical (unpaired) electrons. The average Bonchev–Trinajstić information content (AvgIpc) is 2.25. The molecule has 0 rings (SSSR count). The summed E-state index contributed by atoms with van der Waals surface area (Å²) < 4.78 is 12.5. The molecule has 0 fully saturated rings. The molecule has 0 aliphatic rings. The van der Waals surface area contributed by atoms with Crippen LogP contribution in [0.15, 0.2) is 23.3 Å². The minimum atomic E-state index is -2.17. The maximum absolute atomic E-state index is 6.26. The number of rotatable bonds is 8. The topological polar surface area (TPSA) is 18.5 Å². The van der Waals surface area contributed by atoms with Gasteiger partial charge < -0.3 is 8.85 Å². The van der Waals surface area contributed by atoms with Crippen molar-refractivity contribution in [1.29, 1.82) is 0 Å². The van der Waals surface area contributed by atoms with Gasteiger partial charge in [-0.05, 0) is 38.8 Å². The largest absolute Gasteiger partial charge is 0.390 e. The molecule has 0 aliphatic carbocycles. The fourth-order valence-corrected chi connectivity index (χ4v) is 5.49. The molecule has 0 spiro atoms. The molecule has 0 amide bonds.